The summed E-state index contributed by atoms with van der Waals surface area (Å²) in [4.78, 5) is 14.2. The highest BCUT2D eigenvalue weighted by atomic mass is 35.5. The molecule has 1 fully saturated rings. The zero-order valence-electron chi connectivity index (χ0n) is 14.8. The normalized spacial score (nSPS) is 15.0. The summed E-state index contributed by atoms with van der Waals surface area (Å²) in [7, 11) is 0. The quantitative estimate of drug-likeness (QED) is 0.606. The van der Waals surface area contributed by atoms with Crippen molar-refractivity contribution in [3.8, 4) is 17.2 Å². The van der Waals surface area contributed by atoms with Gasteiger partial charge in [-0.05, 0) is 37.1 Å². The average molecular weight is 422 g/mol. The molecule has 0 unspecified atom stereocenters. The van der Waals surface area contributed by atoms with Crippen LogP contribution in [0, 0.1) is 0 Å². The van der Waals surface area contributed by atoms with Crippen LogP contribution in [-0.2, 0) is 4.79 Å². The van der Waals surface area contributed by atoms with Gasteiger partial charge in [-0.15, -0.1) is 10.2 Å². The Bertz CT molecular complexity index is 950. The van der Waals surface area contributed by atoms with E-state index in [1.165, 1.54) is 0 Å². The number of rotatable bonds is 5. The maximum Gasteiger partial charge on any atom is 0.260 e. The molecule has 1 saturated heterocycles. The second kappa shape index (κ2) is 8.24. The van der Waals surface area contributed by atoms with E-state index in [1.807, 2.05) is 0 Å². The van der Waals surface area contributed by atoms with Gasteiger partial charge in [0.15, 0.2) is 6.61 Å². The Morgan fingerprint density at radius 1 is 1.21 bits per heavy atom. The van der Waals surface area contributed by atoms with E-state index in [4.69, 9.17) is 36.8 Å². The largest absolute Gasteiger partial charge is 0.482 e. The van der Waals surface area contributed by atoms with E-state index in [0.29, 0.717) is 40.7 Å². The van der Waals surface area contributed by atoms with E-state index < -0.39 is 0 Å². The molecule has 0 aliphatic carbocycles. The van der Waals surface area contributed by atoms with Gasteiger partial charge in [0.25, 0.3) is 11.8 Å². The zero-order chi connectivity index (χ0) is 19.5. The molecule has 28 heavy (non-hydrogen) atoms. The summed E-state index contributed by atoms with van der Waals surface area (Å²) in [5.41, 5.74) is 0.754. The van der Waals surface area contributed by atoms with E-state index >= 15 is 0 Å². The Balaban J connectivity index is 1.29. The molecule has 3 aromatic rings. The standard InChI is InChI=1S/C19H17Cl2N3O4/c20-14-1-2-16(15(21)9-14)27-11-17(25)24-6-3-12(4-7-24)18-22-23-19(28-18)13-5-8-26-10-13/h1-2,5,8-10,12H,3-4,6-7,11H2. The highest BCUT2D eigenvalue weighted by molar-refractivity contribution is 6.35. The molecule has 1 amide bonds. The minimum atomic E-state index is -0.0888. The third-order valence-electron chi connectivity index (χ3n) is 4.65. The minimum absolute atomic E-state index is 0.0722. The Kier molecular flexibility index (Phi) is 5.54. The van der Waals surface area contributed by atoms with Crippen LogP contribution in [0.3, 0.4) is 0 Å². The molecule has 146 valence electrons. The molecule has 7 nitrogen and oxygen atoms in total. The summed E-state index contributed by atoms with van der Waals surface area (Å²) in [5, 5.41) is 9.11. The number of hydrogen-bond donors (Lipinski definition) is 0. The van der Waals surface area contributed by atoms with Crippen molar-refractivity contribution < 1.29 is 18.4 Å². The summed E-state index contributed by atoms with van der Waals surface area (Å²) in [6.07, 6.45) is 4.62. The fourth-order valence-electron chi connectivity index (χ4n) is 3.10. The first-order chi connectivity index (χ1) is 13.6. The molecule has 4 rings (SSSR count). The summed E-state index contributed by atoms with van der Waals surface area (Å²) < 4.78 is 16.3. The molecule has 0 bridgehead atoms. The lowest BCUT2D eigenvalue weighted by molar-refractivity contribution is -0.134. The smallest absolute Gasteiger partial charge is 0.260 e. The minimum Gasteiger partial charge on any atom is -0.482 e. The SMILES string of the molecule is O=C(COc1ccc(Cl)cc1Cl)N1CCC(c2nnc(-c3ccoc3)o2)CC1. The number of piperidine rings is 1. The number of furan rings is 1. The molecule has 0 N–H and O–H groups in total. The van der Waals surface area contributed by atoms with Gasteiger partial charge in [0.1, 0.15) is 12.0 Å². The first-order valence-electron chi connectivity index (χ1n) is 8.82. The van der Waals surface area contributed by atoms with Crippen molar-refractivity contribution in [2.45, 2.75) is 18.8 Å². The lowest BCUT2D eigenvalue weighted by atomic mass is 9.97. The van der Waals surface area contributed by atoms with Crippen molar-refractivity contribution in [3.05, 3.63) is 52.7 Å². The molecule has 1 aliphatic rings. The van der Waals surface area contributed by atoms with Gasteiger partial charge in [-0.1, -0.05) is 23.2 Å². The van der Waals surface area contributed by atoms with Crippen molar-refractivity contribution in [2.24, 2.45) is 0 Å². The van der Waals surface area contributed by atoms with Gasteiger partial charge in [0, 0.05) is 24.0 Å². The van der Waals surface area contributed by atoms with Crippen LogP contribution in [0.15, 0.2) is 45.6 Å². The second-order valence-corrected chi connectivity index (χ2v) is 7.32. The number of likely N-dealkylation sites (tertiary alicyclic amines) is 1. The van der Waals surface area contributed by atoms with Crippen LogP contribution in [0.2, 0.25) is 10.0 Å². The first-order valence-corrected chi connectivity index (χ1v) is 9.57. The van der Waals surface area contributed by atoms with Crippen molar-refractivity contribution in [2.75, 3.05) is 19.7 Å². The van der Waals surface area contributed by atoms with E-state index in [2.05, 4.69) is 10.2 Å². The number of benzene rings is 1. The molecular weight excluding hydrogens is 405 g/mol. The zero-order valence-corrected chi connectivity index (χ0v) is 16.3. The number of halogens is 2. The Morgan fingerprint density at radius 2 is 2.04 bits per heavy atom. The van der Waals surface area contributed by atoms with E-state index in [0.717, 1.165) is 18.4 Å². The molecule has 0 radical (unpaired) electrons. The van der Waals surface area contributed by atoms with Gasteiger partial charge in [0.05, 0.1) is 16.8 Å². The second-order valence-electron chi connectivity index (χ2n) is 6.48. The van der Waals surface area contributed by atoms with Crippen LogP contribution in [0.4, 0.5) is 0 Å². The Labute approximate surface area is 171 Å². The monoisotopic (exact) mass is 421 g/mol. The van der Waals surface area contributed by atoms with Crippen molar-refractivity contribution in [3.63, 3.8) is 0 Å². The third-order valence-corrected chi connectivity index (χ3v) is 5.18. The highest BCUT2D eigenvalue weighted by Crippen LogP contribution is 2.30. The number of hydrogen-bond acceptors (Lipinski definition) is 6. The average Bonchev–Trinajstić information content (AvgIpc) is 3.39. The fourth-order valence-corrected chi connectivity index (χ4v) is 3.56. The van der Waals surface area contributed by atoms with Crippen molar-refractivity contribution in [1.82, 2.24) is 15.1 Å². The van der Waals surface area contributed by atoms with Crippen LogP contribution in [0.5, 0.6) is 5.75 Å². The summed E-state index contributed by atoms with van der Waals surface area (Å²) >= 11 is 11.9. The number of amides is 1. The maximum atomic E-state index is 12.4. The van der Waals surface area contributed by atoms with Gasteiger partial charge in [-0.2, -0.15) is 0 Å². The molecule has 2 aromatic heterocycles. The van der Waals surface area contributed by atoms with Crippen LogP contribution in [0.25, 0.3) is 11.5 Å². The van der Waals surface area contributed by atoms with E-state index in [-0.39, 0.29) is 18.4 Å². The van der Waals surface area contributed by atoms with Gasteiger partial charge in [-0.3, -0.25) is 4.79 Å². The van der Waals surface area contributed by atoms with Gasteiger partial charge >= 0.3 is 0 Å². The summed E-state index contributed by atoms with van der Waals surface area (Å²) in [5.74, 6) is 1.51. The topological polar surface area (TPSA) is 81.6 Å². The third kappa shape index (κ3) is 4.15. The number of aromatic nitrogens is 2. The maximum absolute atomic E-state index is 12.4. The van der Waals surface area contributed by atoms with Gasteiger partial charge < -0.3 is 18.5 Å². The van der Waals surface area contributed by atoms with Gasteiger partial charge in [0.2, 0.25) is 5.89 Å². The van der Waals surface area contributed by atoms with Crippen LogP contribution < -0.4 is 4.74 Å². The predicted octanol–water partition coefficient (Wildman–Crippen LogP) is 4.42. The Hall–Kier alpha value is -2.51. The van der Waals surface area contributed by atoms with Crippen molar-refractivity contribution >= 4 is 29.1 Å². The van der Waals surface area contributed by atoms with Crippen LogP contribution in [-0.4, -0.2) is 40.7 Å². The lowest BCUT2D eigenvalue weighted by Gasteiger charge is -2.30. The molecule has 3 heterocycles. The predicted molar refractivity (Wildman–Crippen MR) is 103 cm³/mol. The highest BCUT2D eigenvalue weighted by Gasteiger charge is 2.28. The number of ether oxygens (including phenoxy) is 1. The molecule has 1 aliphatic heterocycles. The summed E-state index contributed by atoms with van der Waals surface area (Å²) in [6, 6.07) is 6.67. The number of nitrogens with zero attached hydrogens (tertiary/aromatic N) is 3. The van der Waals surface area contributed by atoms with Crippen LogP contribution in [0.1, 0.15) is 24.7 Å². The molecule has 1 aromatic carbocycles. The number of carbonyl (C=O) groups is 1. The first kappa shape index (κ1) is 18.8. The fraction of sp³-hybridized carbons (Fsp3) is 0.316. The Morgan fingerprint density at radius 3 is 2.75 bits per heavy atom. The summed E-state index contributed by atoms with van der Waals surface area (Å²) in [6.45, 7) is 1.13. The van der Waals surface area contributed by atoms with Gasteiger partial charge in [-0.25, -0.2) is 0 Å². The molecule has 0 atom stereocenters. The molecule has 0 saturated carbocycles. The molecular formula is C19H17Cl2N3O4. The van der Waals surface area contributed by atoms with E-state index in [9.17, 15) is 4.79 Å². The van der Waals surface area contributed by atoms with Crippen molar-refractivity contribution in [1.29, 1.82) is 0 Å². The lowest BCUT2D eigenvalue weighted by Crippen LogP contribution is -2.40. The van der Waals surface area contributed by atoms with E-state index in [1.54, 1.807) is 41.7 Å². The molecule has 9 heteroatoms. The number of carbonyl (C=O) groups excluding carboxylic acids is 1. The van der Waals surface area contributed by atoms with Crippen LogP contribution >= 0.6 is 23.2 Å². The molecule has 0 spiro atoms.